The van der Waals surface area contributed by atoms with E-state index in [0.29, 0.717) is 25.7 Å². The Kier molecular flexibility index (Phi) is 4.22. The topological polar surface area (TPSA) is 74.7 Å². The molecular formula is C13H19NO4S2. The number of carbonyl (C=O) groups is 1. The molecule has 1 aliphatic heterocycles. The Morgan fingerprint density at radius 1 is 1.50 bits per heavy atom. The minimum Gasteiger partial charge on any atom is -0.480 e. The monoisotopic (exact) mass is 317 g/mol. The van der Waals surface area contributed by atoms with Crippen LogP contribution in [0.4, 0.5) is 0 Å². The van der Waals surface area contributed by atoms with E-state index in [1.54, 1.807) is 12.1 Å². The fourth-order valence-corrected chi connectivity index (χ4v) is 6.07. The van der Waals surface area contributed by atoms with Crippen LogP contribution in [-0.2, 0) is 14.8 Å². The third-order valence-electron chi connectivity index (χ3n) is 3.75. The van der Waals surface area contributed by atoms with E-state index in [2.05, 4.69) is 0 Å². The number of hydrogen-bond acceptors (Lipinski definition) is 4. The van der Waals surface area contributed by atoms with Crippen LogP contribution in [0.5, 0.6) is 0 Å². The highest BCUT2D eigenvalue weighted by atomic mass is 32.2. The molecule has 112 valence electrons. The van der Waals surface area contributed by atoms with E-state index in [9.17, 15) is 18.3 Å². The van der Waals surface area contributed by atoms with Crippen molar-refractivity contribution in [1.29, 1.82) is 0 Å². The lowest BCUT2D eigenvalue weighted by molar-refractivity contribution is -0.147. The summed E-state index contributed by atoms with van der Waals surface area (Å²) in [4.78, 5) is 12.6. The fourth-order valence-electron chi connectivity index (χ4n) is 2.85. The van der Waals surface area contributed by atoms with Crippen molar-refractivity contribution in [2.24, 2.45) is 0 Å². The molecular weight excluding hydrogens is 298 g/mol. The van der Waals surface area contributed by atoms with Crippen LogP contribution in [-0.4, -0.2) is 35.9 Å². The van der Waals surface area contributed by atoms with E-state index in [1.165, 1.54) is 15.6 Å². The summed E-state index contributed by atoms with van der Waals surface area (Å²) in [7, 11) is -3.72. The van der Waals surface area contributed by atoms with Gasteiger partial charge < -0.3 is 5.11 Å². The first-order chi connectivity index (χ1) is 9.34. The van der Waals surface area contributed by atoms with Crippen molar-refractivity contribution >= 4 is 27.3 Å². The Bertz CT molecular complexity index is 608. The zero-order valence-electron chi connectivity index (χ0n) is 11.6. The zero-order chi connectivity index (χ0) is 15.0. The number of thiophene rings is 1. The second kappa shape index (κ2) is 5.46. The average molecular weight is 317 g/mol. The second-order valence-electron chi connectivity index (χ2n) is 5.13. The molecule has 2 rings (SSSR count). The van der Waals surface area contributed by atoms with Crippen LogP contribution in [0, 0.1) is 6.92 Å². The quantitative estimate of drug-likeness (QED) is 0.905. The molecule has 1 atom stereocenters. The van der Waals surface area contributed by atoms with Crippen LogP contribution in [0.2, 0.25) is 0 Å². The Balaban J connectivity index is 2.46. The van der Waals surface area contributed by atoms with E-state index in [1.807, 2.05) is 13.8 Å². The summed E-state index contributed by atoms with van der Waals surface area (Å²) in [5.41, 5.74) is -1.27. The highest BCUT2D eigenvalue weighted by Crippen LogP contribution is 2.39. The van der Waals surface area contributed by atoms with Crippen LogP contribution >= 0.6 is 11.3 Å². The molecule has 0 amide bonds. The van der Waals surface area contributed by atoms with Crippen LogP contribution in [0.15, 0.2) is 16.3 Å². The maximum atomic E-state index is 12.7. The van der Waals surface area contributed by atoms with Gasteiger partial charge in [-0.3, -0.25) is 4.79 Å². The number of carboxylic acid groups (broad SMARTS) is 1. The summed E-state index contributed by atoms with van der Waals surface area (Å²) < 4.78 is 26.9. The average Bonchev–Trinajstić information content (AvgIpc) is 2.97. The van der Waals surface area contributed by atoms with Crippen molar-refractivity contribution in [3.63, 3.8) is 0 Å². The van der Waals surface area contributed by atoms with Gasteiger partial charge in [0.05, 0.1) is 0 Å². The highest BCUT2D eigenvalue weighted by molar-refractivity contribution is 7.91. The first kappa shape index (κ1) is 15.5. The molecule has 1 N–H and O–H groups in total. The molecule has 7 heteroatoms. The lowest BCUT2D eigenvalue weighted by Gasteiger charge is -2.33. The molecule has 1 aromatic heterocycles. The zero-order valence-corrected chi connectivity index (χ0v) is 13.3. The van der Waals surface area contributed by atoms with Crippen molar-refractivity contribution in [1.82, 2.24) is 4.31 Å². The maximum Gasteiger partial charge on any atom is 0.325 e. The van der Waals surface area contributed by atoms with E-state index >= 15 is 0 Å². The summed E-state index contributed by atoms with van der Waals surface area (Å²) in [6, 6.07) is 3.31. The number of carboxylic acids is 1. The minimum atomic E-state index is -3.72. The standard InChI is InChI=1S/C13H19NO4S2/c1-3-7-13(12(15)16)8-4-9-14(13)20(17,18)11-6-5-10(2)19-11/h5-6H,3-4,7-9H2,1-2H3,(H,15,16). The molecule has 1 fully saturated rings. The van der Waals surface area contributed by atoms with Crippen molar-refractivity contribution in [3.8, 4) is 0 Å². The van der Waals surface area contributed by atoms with Gasteiger partial charge in [-0.15, -0.1) is 11.3 Å². The van der Waals surface area contributed by atoms with Gasteiger partial charge in [0.2, 0.25) is 0 Å². The van der Waals surface area contributed by atoms with Crippen molar-refractivity contribution in [3.05, 3.63) is 17.0 Å². The molecule has 1 aromatic rings. The Labute approximate surface area is 123 Å². The summed E-state index contributed by atoms with van der Waals surface area (Å²) in [6.07, 6.45) is 1.98. The molecule has 0 aromatic carbocycles. The number of sulfonamides is 1. The molecule has 0 bridgehead atoms. The summed E-state index contributed by atoms with van der Waals surface area (Å²) >= 11 is 1.19. The van der Waals surface area contributed by atoms with Crippen LogP contribution in [0.3, 0.4) is 0 Å². The predicted octanol–water partition coefficient (Wildman–Crippen LogP) is 2.46. The van der Waals surface area contributed by atoms with Gasteiger partial charge in [0.25, 0.3) is 10.0 Å². The molecule has 0 radical (unpaired) electrons. The van der Waals surface area contributed by atoms with Gasteiger partial charge in [0.1, 0.15) is 9.75 Å². The van der Waals surface area contributed by atoms with Crippen molar-refractivity contribution in [2.75, 3.05) is 6.54 Å². The SMILES string of the molecule is CCCC1(C(=O)O)CCCN1S(=O)(=O)c1ccc(C)s1. The Morgan fingerprint density at radius 3 is 2.70 bits per heavy atom. The molecule has 1 saturated heterocycles. The van der Waals surface area contributed by atoms with Crippen molar-refractivity contribution < 1.29 is 18.3 Å². The lowest BCUT2D eigenvalue weighted by Crippen LogP contribution is -2.52. The Hall–Kier alpha value is -0.920. The first-order valence-electron chi connectivity index (χ1n) is 6.67. The van der Waals surface area contributed by atoms with Gasteiger partial charge in [-0.2, -0.15) is 4.31 Å². The molecule has 0 saturated carbocycles. The summed E-state index contributed by atoms with van der Waals surface area (Å²) in [5.74, 6) is -1.03. The van der Waals surface area contributed by atoms with E-state index in [0.717, 1.165) is 4.88 Å². The van der Waals surface area contributed by atoms with E-state index in [-0.39, 0.29) is 10.8 Å². The molecule has 0 aliphatic carbocycles. The molecule has 1 aliphatic rings. The number of rotatable bonds is 5. The Morgan fingerprint density at radius 2 is 2.20 bits per heavy atom. The predicted molar refractivity (Wildman–Crippen MR) is 77.5 cm³/mol. The lowest BCUT2D eigenvalue weighted by atomic mass is 9.92. The molecule has 20 heavy (non-hydrogen) atoms. The summed E-state index contributed by atoms with van der Waals surface area (Å²) in [6.45, 7) is 4.00. The van der Waals surface area contributed by atoms with Crippen LogP contribution in [0.25, 0.3) is 0 Å². The largest absolute Gasteiger partial charge is 0.480 e. The fraction of sp³-hybridized carbons (Fsp3) is 0.615. The maximum absolute atomic E-state index is 12.7. The van der Waals surface area contributed by atoms with Crippen LogP contribution in [0.1, 0.15) is 37.5 Å². The van der Waals surface area contributed by atoms with E-state index < -0.39 is 21.5 Å². The van der Waals surface area contributed by atoms with Gasteiger partial charge in [0, 0.05) is 11.4 Å². The number of nitrogens with zero attached hydrogens (tertiary/aromatic N) is 1. The van der Waals surface area contributed by atoms with Gasteiger partial charge in [-0.25, -0.2) is 8.42 Å². The minimum absolute atomic E-state index is 0.235. The third kappa shape index (κ3) is 2.38. The van der Waals surface area contributed by atoms with Crippen molar-refractivity contribution in [2.45, 2.75) is 49.3 Å². The molecule has 0 spiro atoms. The van der Waals surface area contributed by atoms with Gasteiger partial charge >= 0.3 is 5.97 Å². The van der Waals surface area contributed by atoms with Gasteiger partial charge in [0.15, 0.2) is 0 Å². The molecule has 1 unspecified atom stereocenters. The molecule has 5 nitrogen and oxygen atoms in total. The number of aryl methyl sites for hydroxylation is 1. The third-order valence-corrected chi connectivity index (χ3v) is 7.18. The van der Waals surface area contributed by atoms with Crippen LogP contribution < -0.4 is 0 Å². The normalized spacial score (nSPS) is 24.1. The number of aliphatic carboxylic acids is 1. The second-order valence-corrected chi connectivity index (χ2v) is 8.51. The summed E-state index contributed by atoms with van der Waals surface area (Å²) in [5, 5.41) is 9.58. The number of hydrogen-bond donors (Lipinski definition) is 1. The smallest absolute Gasteiger partial charge is 0.325 e. The highest BCUT2D eigenvalue weighted by Gasteiger charge is 2.52. The molecule has 2 heterocycles. The van der Waals surface area contributed by atoms with Gasteiger partial charge in [-0.05, 0) is 38.3 Å². The van der Waals surface area contributed by atoms with E-state index in [4.69, 9.17) is 0 Å². The first-order valence-corrected chi connectivity index (χ1v) is 8.93. The van der Waals surface area contributed by atoms with Gasteiger partial charge in [-0.1, -0.05) is 13.3 Å².